The number of carbonyl (C=O) groups is 2. The molecule has 6 aliphatic rings. The first-order valence-corrected chi connectivity index (χ1v) is 19.9. The van der Waals surface area contributed by atoms with Gasteiger partial charge in [-0.25, -0.2) is 0 Å². The predicted molar refractivity (Wildman–Crippen MR) is 193 cm³/mol. The quantitative estimate of drug-likeness (QED) is 0.251. The lowest BCUT2D eigenvalue weighted by Gasteiger charge is -2.63. The Kier molecular flexibility index (Phi) is 10.2. The van der Waals surface area contributed by atoms with Gasteiger partial charge in [0.2, 0.25) is 5.91 Å². The summed E-state index contributed by atoms with van der Waals surface area (Å²) >= 11 is 0. The molecule has 6 rings (SSSR count). The molecule has 0 radical (unpaired) electrons. The number of esters is 1. The summed E-state index contributed by atoms with van der Waals surface area (Å²) in [6, 6.07) is 0. The van der Waals surface area contributed by atoms with Crippen LogP contribution in [-0.4, -0.2) is 104 Å². The summed E-state index contributed by atoms with van der Waals surface area (Å²) in [4.78, 5) is 28.1. The largest absolute Gasteiger partial charge is 0.460 e. The lowest BCUT2D eigenvalue weighted by atomic mass is 9.41. The third-order valence-corrected chi connectivity index (χ3v) is 16.3. The van der Waals surface area contributed by atoms with Gasteiger partial charge in [0, 0.05) is 34.7 Å². The van der Waals surface area contributed by atoms with E-state index in [9.17, 15) is 14.7 Å². The minimum absolute atomic E-state index is 0.0558. The van der Waals surface area contributed by atoms with E-state index in [-0.39, 0.29) is 46.6 Å². The molecule has 0 bridgehead atoms. The maximum atomic E-state index is 12.4. The molecule has 12 atom stereocenters. The van der Waals surface area contributed by atoms with E-state index in [2.05, 4.69) is 39.5 Å². The summed E-state index contributed by atoms with van der Waals surface area (Å²) in [6.45, 7) is 19.9. The monoisotopic (exact) mass is 703 g/mol. The van der Waals surface area contributed by atoms with Gasteiger partial charge in [-0.3, -0.25) is 14.5 Å². The molecule has 0 aromatic heterocycles. The van der Waals surface area contributed by atoms with Crippen LogP contribution in [0.2, 0.25) is 0 Å². The minimum atomic E-state index is -1.08. The van der Waals surface area contributed by atoms with Crippen LogP contribution in [0.1, 0.15) is 120 Å². The van der Waals surface area contributed by atoms with Crippen molar-refractivity contribution >= 4 is 11.9 Å². The average Bonchev–Trinajstić information content (AvgIpc) is 3.62. The number of likely N-dealkylation sites (N-methyl/N-ethyl adjacent to an activating group) is 1. The highest BCUT2D eigenvalue weighted by Gasteiger charge is 2.83. The van der Waals surface area contributed by atoms with Crippen molar-refractivity contribution in [3.05, 3.63) is 0 Å². The zero-order valence-corrected chi connectivity index (χ0v) is 33.3. The Morgan fingerprint density at radius 1 is 1.00 bits per heavy atom. The van der Waals surface area contributed by atoms with Crippen molar-refractivity contribution < 1.29 is 33.6 Å². The number of carbonyl (C=O) groups excluding carboxylic acids is 2. The van der Waals surface area contributed by atoms with Crippen molar-refractivity contribution in [3.63, 3.8) is 0 Å². The maximum absolute atomic E-state index is 12.4. The molecule has 286 valence electrons. The summed E-state index contributed by atoms with van der Waals surface area (Å²) in [6.07, 6.45) is 11.0. The van der Waals surface area contributed by atoms with Crippen molar-refractivity contribution in [2.75, 3.05) is 47.4 Å². The van der Waals surface area contributed by atoms with Crippen LogP contribution < -0.4 is 0 Å². The molecule has 2 spiro atoms. The van der Waals surface area contributed by atoms with E-state index in [0.29, 0.717) is 60.6 Å². The molecule has 0 aromatic rings. The SMILES string of the molecule is COC1CC2(C)C3CCC4C(C)(C)C(OC5CN(CC(=O)N(C)C)CCO5)CCC45CC35CCC2(C)C1C(C)CCC(OC(C)=O)C(C)(C)O. The fraction of sp³-hybridized carbons (Fsp3) is 0.951. The molecule has 1 aliphatic heterocycles. The van der Waals surface area contributed by atoms with E-state index < -0.39 is 11.7 Å². The van der Waals surface area contributed by atoms with Gasteiger partial charge in [0.15, 0.2) is 6.29 Å². The van der Waals surface area contributed by atoms with Gasteiger partial charge in [-0.05, 0) is 129 Å². The molecule has 1 N–H and O–H groups in total. The lowest BCUT2D eigenvalue weighted by molar-refractivity contribution is -0.247. The van der Waals surface area contributed by atoms with E-state index in [1.165, 1.54) is 45.4 Å². The Hall–Kier alpha value is -1.26. The topological polar surface area (TPSA) is 97.8 Å². The molecular formula is C41H70N2O7. The molecule has 9 nitrogen and oxygen atoms in total. The number of nitrogens with zero attached hydrogens (tertiary/aromatic N) is 2. The van der Waals surface area contributed by atoms with Crippen LogP contribution in [0.5, 0.6) is 0 Å². The molecular weight excluding hydrogens is 632 g/mol. The van der Waals surface area contributed by atoms with Gasteiger partial charge in [0.25, 0.3) is 0 Å². The first kappa shape index (κ1) is 38.5. The zero-order valence-electron chi connectivity index (χ0n) is 33.3. The van der Waals surface area contributed by atoms with Crippen molar-refractivity contribution in [1.29, 1.82) is 0 Å². The first-order valence-electron chi connectivity index (χ1n) is 19.9. The van der Waals surface area contributed by atoms with E-state index in [1.807, 2.05) is 21.2 Å². The number of methoxy groups -OCH3 is 1. The molecule has 1 amide bonds. The Labute approximate surface area is 302 Å². The maximum Gasteiger partial charge on any atom is 0.303 e. The number of morpholine rings is 1. The molecule has 6 fully saturated rings. The fourth-order valence-electron chi connectivity index (χ4n) is 13.6. The predicted octanol–water partition coefficient (Wildman–Crippen LogP) is 6.30. The Morgan fingerprint density at radius 2 is 1.68 bits per heavy atom. The Bertz CT molecular complexity index is 1280. The van der Waals surface area contributed by atoms with Crippen LogP contribution in [0.4, 0.5) is 0 Å². The molecule has 5 aliphatic carbocycles. The van der Waals surface area contributed by atoms with Crippen molar-refractivity contribution in [2.45, 2.75) is 150 Å². The average molecular weight is 703 g/mol. The molecule has 9 heteroatoms. The molecule has 0 aromatic carbocycles. The highest BCUT2D eigenvalue weighted by molar-refractivity contribution is 5.77. The summed E-state index contributed by atoms with van der Waals surface area (Å²) in [5.41, 5.74) is 0.155. The van der Waals surface area contributed by atoms with Crippen LogP contribution in [0.15, 0.2) is 0 Å². The van der Waals surface area contributed by atoms with Crippen LogP contribution in [0.3, 0.4) is 0 Å². The van der Waals surface area contributed by atoms with Gasteiger partial charge in [-0.15, -0.1) is 0 Å². The van der Waals surface area contributed by atoms with Gasteiger partial charge < -0.3 is 29.0 Å². The smallest absolute Gasteiger partial charge is 0.303 e. The highest BCUT2D eigenvalue weighted by Crippen LogP contribution is 2.89. The number of aliphatic hydroxyl groups is 1. The van der Waals surface area contributed by atoms with Crippen LogP contribution in [-0.2, 0) is 28.5 Å². The minimum Gasteiger partial charge on any atom is -0.460 e. The normalized spacial score (nSPS) is 43.4. The van der Waals surface area contributed by atoms with E-state index in [1.54, 1.807) is 18.7 Å². The second-order valence-corrected chi connectivity index (χ2v) is 19.6. The fourth-order valence-corrected chi connectivity index (χ4v) is 13.6. The van der Waals surface area contributed by atoms with Crippen molar-refractivity contribution in [3.8, 4) is 0 Å². The Balaban J connectivity index is 1.16. The molecule has 1 heterocycles. The van der Waals surface area contributed by atoms with Gasteiger partial charge in [-0.1, -0.05) is 34.6 Å². The third-order valence-electron chi connectivity index (χ3n) is 16.3. The summed E-state index contributed by atoms with van der Waals surface area (Å²) in [5, 5.41) is 10.8. The molecule has 50 heavy (non-hydrogen) atoms. The number of ether oxygens (including phenoxy) is 4. The van der Waals surface area contributed by atoms with Crippen LogP contribution >= 0.6 is 0 Å². The van der Waals surface area contributed by atoms with E-state index in [4.69, 9.17) is 18.9 Å². The summed E-state index contributed by atoms with van der Waals surface area (Å²) in [7, 11) is 5.54. The van der Waals surface area contributed by atoms with Crippen molar-refractivity contribution in [2.24, 2.45) is 50.7 Å². The van der Waals surface area contributed by atoms with Crippen molar-refractivity contribution in [1.82, 2.24) is 9.80 Å². The summed E-state index contributed by atoms with van der Waals surface area (Å²) < 4.78 is 25.0. The molecule has 12 unspecified atom stereocenters. The van der Waals surface area contributed by atoms with Gasteiger partial charge in [-0.2, -0.15) is 0 Å². The standard InChI is InChI=1S/C41H70N2O7/c1-26(12-15-32(37(5,6)46)49-27(2)44)35-28(47-11)22-39(8)30-14-13-29-36(3,4)31(16-17-40(29)25-41(30,40)19-18-38(35,39)7)50-34-24-43(20-21-48-34)23-33(45)42(9)10/h26,28-32,34-35,46H,12-25H2,1-11H3. The number of amides is 1. The second-order valence-electron chi connectivity index (χ2n) is 19.6. The van der Waals surface area contributed by atoms with Crippen LogP contribution in [0, 0.1) is 50.7 Å². The van der Waals surface area contributed by atoms with E-state index >= 15 is 0 Å². The zero-order chi connectivity index (χ0) is 36.7. The number of hydrogen-bond acceptors (Lipinski definition) is 8. The third kappa shape index (κ3) is 6.09. The number of rotatable bonds is 11. The second kappa shape index (κ2) is 13.2. The van der Waals surface area contributed by atoms with Gasteiger partial charge in [0.05, 0.1) is 37.5 Å². The first-order chi connectivity index (χ1) is 23.3. The van der Waals surface area contributed by atoms with E-state index in [0.717, 1.165) is 25.8 Å². The lowest BCUT2D eigenvalue weighted by Crippen LogP contribution is -2.58. The van der Waals surface area contributed by atoms with Gasteiger partial charge >= 0.3 is 5.97 Å². The summed E-state index contributed by atoms with van der Waals surface area (Å²) in [5.74, 6) is 1.93. The molecule has 1 saturated heterocycles. The Morgan fingerprint density at radius 3 is 2.32 bits per heavy atom. The number of fused-ring (bicyclic) bond motifs is 2. The highest BCUT2D eigenvalue weighted by atomic mass is 16.7. The molecule has 5 saturated carbocycles. The van der Waals surface area contributed by atoms with Gasteiger partial charge in [0.1, 0.15) is 6.10 Å². The van der Waals surface area contributed by atoms with Crippen LogP contribution in [0.25, 0.3) is 0 Å². The number of hydrogen-bond donors (Lipinski definition) is 1.